The van der Waals surface area contributed by atoms with Gasteiger partial charge in [-0.25, -0.2) is 0 Å². The number of carbonyl (C=O) groups excluding carboxylic acids is 1. The van der Waals surface area contributed by atoms with Crippen LogP contribution in [0.3, 0.4) is 0 Å². The van der Waals surface area contributed by atoms with Crippen LogP contribution in [0.5, 0.6) is 0 Å². The Morgan fingerprint density at radius 1 is 1.25 bits per heavy atom. The molecule has 2 aromatic rings. The maximum atomic E-state index is 12.4. The predicted octanol–water partition coefficient (Wildman–Crippen LogP) is 1.86. The van der Waals surface area contributed by atoms with Crippen LogP contribution in [-0.4, -0.2) is 29.4 Å². The van der Waals surface area contributed by atoms with E-state index in [9.17, 15) is 4.79 Å². The van der Waals surface area contributed by atoms with Crippen LogP contribution in [0.25, 0.3) is 0 Å². The summed E-state index contributed by atoms with van der Waals surface area (Å²) in [6.07, 6.45) is 2.35. The number of rotatable bonds is 5. The summed E-state index contributed by atoms with van der Waals surface area (Å²) in [7, 11) is 1.80. The topological polar surface area (TPSA) is 59.2 Å². The van der Waals surface area contributed by atoms with E-state index in [0.717, 1.165) is 11.3 Å². The molecule has 0 aliphatic rings. The van der Waals surface area contributed by atoms with Crippen LogP contribution in [-0.2, 0) is 13.0 Å². The summed E-state index contributed by atoms with van der Waals surface area (Å²) in [5, 5.41) is 0. The van der Waals surface area contributed by atoms with Crippen molar-refractivity contribution in [2.24, 2.45) is 5.73 Å². The van der Waals surface area contributed by atoms with Gasteiger partial charge in [-0.2, -0.15) is 0 Å². The van der Waals surface area contributed by atoms with Crippen LogP contribution in [0.4, 0.5) is 0 Å². The van der Waals surface area contributed by atoms with Crippen molar-refractivity contribution in [3.8, 4) is 0 Å². The third-order valence-corrected chi connectivity index (χ3v) is 3.07. The molecule has 0 radical (unpaired) electrons. The number of benzene rings is 1. The maximum absolute atomic E-state index is 12.4. The van der Waals surface area contributed by atoms with Crippen LogP contribution in [0.1, 0.15) is 21.6 Å². The third-order valence-electron chi connectivity index (χ3n) is 3.07. The summed E-state index contributed by atoms with van der Waals surface area (Å²) in [5.74, 6) is -0.00507. The predicted molar refractivity (Wildman–Crippen MR) is 79.2 cm³/mol. The van der Waals surface area contributed by atoms with E-state index in [0.29, 0.717) is 25.1 Å². The van der Waals surface area contributed by atoms with Gasteiger partial charge in [0.05, 0.1) is 0 Å². The summed E-state index contributed by atoms with van der Waals surface area (Å²) >= 11 is 0. The molecule has 1 aromatic heterocycles. The molecule has 0 fully saturated rings. The van der Waals surface area contributed by atoms with Gasteiger partial charge in [0.25, 0.3) is 5.91 Å². The molecule has 4 nitrogen and oxygen atoms in total. The molecule has 0 aliphatic carbocycles. The molecule has 2 N–H and O–H groups in total. The van der Waals surface area contributed by atoms with Gasteiger partial charge in [0.1, 0.15) is 0 Å². The van der Waals surface area contributed by atoms with E-state index < -0.39 is 0 Å². The van der Waals surface area contributed by atoms with Gasteiger partial charge in [-0.05, 0) is 24.2 Å². The number of pyridine rings is 1. The molecular formula is C16H19N3O. The fourth-order valence-corrected chi connectivity index (χ4v) is 2.05. The monoisotopic (exact) mass is 269 g/mol. The van der Waals surface area contributed by atoms with Crippen molar-refractivity contribution in [1.29, 1.82) is 0 Å². The lowest BCUT2D eigenvalue weighted by atomic mass is 10.1. The van der Waals surface area contributed by atoms with Crippen molar-refractivity contribution in [3.63, 3.8) is 0 Å². The van der Waals surface area contributed by atoms with E-state index in [4.69, 9.17) is 5.73 Å². The highest BCUT2D eigenvalue weighted by Crippen LogP contribution is 2.09. The Hall–Kier alpha value is -2.20. The minimum absolute atomic E-state index is 0.00507. The second-order valence-corrected chi connectivity index (χ2v) is 4.72. The molecule has 20 heavy (non-hydrogen) atoms. The maximum Gasteiger partial charge on any atom is 0.254 e. The molecule has 0 spiro atoms. The molecule has 0 unspecified atom stereocenters. The lowest BCUT2D eigenvalue weighted by Gasteiger charge is -2.17. The Kier molecular flexibility index (Phi) is 4.85. The van der Waals surface area contributed by atoms with E-state index in [2.05, 4.69) is 4.98 Å². The first-order valence-electron chi connectivity index (χ1n) is 6.65. The van der Waals surface area contributed by atoms with Gasteiger partial charge >= 0.3 is 0 Å². The smallest absolute Gasteiger partial charge is 0.254 e. The van der Waals surface area contributed by atoms with E-state index in [1.54, 1.807) is 24.2 Å². The first-order valence-corrected chi connectivity index (χ1v) is 6.65. The zero-order valence-corrected chi connectivity index (χ0v) is 11.6. The SMILES string of the molecule is CN(Cc1ccccc1)C(=O)c1ccnc(CCN)c1. The first-order chi connectivity index (χ1) is 9.70. The van der Waals surface area contributed by atoms with E-state index in [-0.39, 0.29) is 5.91 Å². The number of nitrogens with two attached hydrogens (primary N) is 1. The van der Waals surface area contributed by atoms with Gasteiger partial charge in [0, 0.05) is 37.5 Å². The molecule has 0 atom stereocenters. The zero-order chi connectivity index (χ0) is 14.4. The van der Waals surface area contributed by atoms with Gasteiger partial charge in [-0.3, -0.25) is 9.78 Å². The van der Waals surface area contributed by atoms with E-state index >= 15 is 0 Å². The lowest BCUT2D eigenvalue weighted by molar-refractivity contribution is 0.0785. The Balaban J connectivity index is 2.08. The number of nitrogens with zero attached hydrogens (tertiary/aromatic N) is 2. The molecular weight excluding hydrogens is 250 g/mol. The average Bonchev–Trinajstić information content (AvgIpc) is 2.48. The molecule has 104 valence electrons. The van der Waals surface area contributed by atoms with Crippen molar-refractivity contribution in [1.82, 2.24) is 9.88 Å². The molecule has 0 saturated carbocycles. The summed E-state index contributed by atoms with van der Waals surface area (Å²) in [4.78, 5) is 18.3. The highest BCUT2D eigenvalue weighted by atomic mass is 16.2. The van der Waals surface area contributed by atoms with Gasteiger partial charge in [-0.15, -0.1) is 0 Å². The summed E-state index contributed by atoms with van der Waals surface area (Å²) in [5.41, 5.74) is 8.13. The molecule has 4 heteroatoms. The summed E-state index contributed by atoms with van der Waals surface area (Å²) in [6, 6.07) is 13.5. The highest BCUT2D eigenvalue weighted by Gasteiger charge is 2.12. The van der Waals surface area contributed by atoms with Crippen LogP contribution in [0.15, 0.2) is 48.7 Å². The minimum atomic E-state index is -0.00507. The summed E-state index contributed by atoms with van der Waals surface area (Å²) in [6.45, 7) is 1.12. The van der Waals surface area contributed by atoms with Gasteiger partial charge in [0.15, 0.2) is 0 Å². The molecule has 0 bridgehead atoms. The van der Waals surface area contributed by atoms with Crippen LogP contribution >= 0.6 is 0 Å². The quantitative estimate of drug-likeness (QED) is 0.901. The van der Waals surface area contributed by atoms with Crippen LogP contribution in [0, 0.1) is 0 Å². The molecule has 1 aromatic carbocycles. The van der Waals surface area contributed by atoms with Gasteiger partial charge in [-0.1, -0.05) is 30.3 Å². The largest absolute Gasteiger partial charge is 0.337 e. The summed E-state index contributed by atoms with van der Waals surface area (Å²) < 4.78 is 0. The van der Waals surface area contributed by atoms with Crippen LogP contribution < -0.4 is 5.73 Å². The molecule has 2 rings (SSSR count). The fraction of sp³-hybridized carbons (Fsp3) is 0.250. The molecule has 1 amide bonds. The van der Waals surface area contributed by atoms with Crippen molar-refractivity contribution in [3.05, 3.63) is 65.5 Å². The van der Waals surface area contributed by atoms with Gasteiger partial charge in [0.2, 0.25) is 0 Å². The lowest BCUT2D eigenvalue weighted by Crippen LogP contribution is -2.26. The van der Waals surface area contributed by atoms with Crippen molar-refractivity contribution in [2.45, 2.75) is 13.0 Å². The van der Waals surface area contributed by atoms with E-state index in [1.807, 2.05) is 36.4 Å². The minimum Gasteiger partial charge on any atom is -0.337 e. The van der Waals surface area contributed by atoms with Crippen molar-refractivity contribution in [2.75, 3.05) is 13.6 Å². The third kappa shape index (κ3) is 3.65. The fourth-order valence-electron chi connectivity index (χ4n) is 2.05. The Morgan fingerprint density at radius 2 is 2.00 bits per heavy atom. The second kappa shape index (κ2) is 6.82. The molecule has 1 heterocycles. The number of carbonyl (C=O) groups is 1. The molecule has 0 aliphatic heterocycles. The Labute approximate surface area is 119 Å². The number of amides is 1. The highest BCUT2D eigenvalue weighted by molar-refractivity contribution is 5.94. The molecule has 0 saturated heterocycles. The Bertz CT molecular complexity index is 569. The Morgan fingerprint density at radius 3 is 2.70 bits per heavy atom. The van der Waals surface area contributed by atoms with Crippen molar-refractivity contribution >= 4 is 5.91 Å². The van der Waals surface area contributed by atoms with Crippen molar-refractivity contribution < 1.29 is 4.79 Å². The second-order valence-electron chi connectivity index (χ2n) is 4.72. The standard InChI is InChI=1S/C16H19N3O/c1-19(12-13-5-3-2-4-6-13)16(20)14-8-10-18-15(11-14)7-9-17/h2-6,8,10-11H,7,9,12,17H2,1H3. The number of hydrogen-bond donors (Lipinski definition) is 1. The van der Waals surface area contributed by atoms with Crippen LogP contribution in [0.2, 0.25) is 0 Å². The zero-order valence-electron chi connectivity index (χ0n) is 11.6. The first kappa shape index (κ1) is 14.2. The normalized spacial score (nSPS) is 10.3. The number of aromatic nitrogens is 1. The average molecular weight is 269 g/mol. The number of hydrogen-bond acceptors (Lipinski definition) is 3. The van der Waals surface area contributed by atoms with Gasteiger partial charge < -0.3 is 10.6 Å². The van der Waals surface area contributed by atoms with E-state index in [1.165, 1.54) is 0 Å².